The van der Waals surface area contributed by atoms with E-state index in [-0.39, 0.29) is 22.6 Å². The minimum absolute atomic E-state index is 0.0589. The van der Waals surface area contributed by atoms with E-state index in [0.717, 1.165) is 0 Å². The molecule has 0 fully saturated rings. The van der Waals surface area contributed by atoms with Crippen molar-refractivity contribution in [2.24, 2.45) is 0 Å². The zero-order valence-electron chi connectivity index (χ0n) is 10.3. The van der Waals surface area contributed by atoms with E-state index in [1.165, 1.54) is 20.1 Å². The van der Waals surface area contributed by atoms with Gasteiger partial charge in [0.15, 0.2) is 0 Å². The predicted octanol–water partition coefficient (Wildman–Crippen LogP) is 2.13. The molecule has 6 nitrogen and oxygen atoms in total. The van der Waals surface area contributed by atoms with Crippen molar-refractivity contribution in [3.8, 4) is 11.3 Å². The number of carbonyl (C=O) groups excluding carboxylic acids is 1. The van der Waals surface area contributed by atoms with Crippen LogP contribution in [0.4, 0.5) is 0 Å². The van der Waals surface area contributed by atoms with Gasteiger partial charge in [0.2, 0.25) is 0 Å². The van der Waals surface area contributed by atoms with Crippen molar-refractivity contribution < 1.29 is 24.0 Å². The second kappa shape index (κ2) is 4.93. The lowest BCUT2D eigenvalue weighted by molar-refractivity contribution is 0.0600. The molecular weight excluding hydrogens is 250 g/mol. The Morgan fingerprint density at radius 1 is 1.32 bits per heavy atom. The van der Waals surface area contributed by atoms with E-state index in [1.54, 1.807) is 18.2 Å². The number of carboxylic acid groups (broad SMARTS) is 1. The number of hydrogen-bond donors (Lipinski definition) is 1. The highest BCUT2D eigenvalue weighted by Gasteiger charge is 2.24. The van der Waals surface area contributed by atoms with E-state index in [4.69, 9.17) is 9.63 Å². The van der Waals surface area contributed by atoms with Crippen LogP contribution in [-0.2, 0) is 4.74 Å². The largest absolute Gasteiger partial charge is 0.477 e. The number of methoxy groups -OCH3 is 1. The van der Waals surface area contributed by atoms with Crippen LogP contribution in [0.15, 0.2) is 28.8 Å². The molecule has 0 spiro atoms. The SMILES string of the molecule is COC(=O)c1ccccc1-c1noc(C)c1C(=O)O. The molecule has 0 saturated heterocycles. The summed E-state index contributed by atoms with van der Waals surface area (Å²) in [5, 5.41) is 12.9. The molecule has 1 aromatic heterocycles. The highest BCUT2D eigenvalue weighted by molar-refractivity contribution is 6.01. The summed E-state index contributed by atoms with van der Waals surface area (Å²) >= 11 is 0. The number of nitrogens with zero attached hydrogens (tertiary/aromatic N) is 1. The Kier molecular flexibility index (Phi) is 3.33. The molecule has 1 aromatic carbocycles. The summed E-state index contributed by atoms with van der Waals surface area (Å²) in [5.74, 6) is -1.54. The van der Waals surface area contributed by atoms with Gasteiger partial charge in [-0.05, 0) is 13.0 Å². The van der Waals surface area contributed by atoms with Crippen LogP contribution in [-0.4, -0.2) is 29.3 Å². The number of aryl methyl sites for hydroxylation is 1. The van der Waals surface area contributed by atoms with Gasteiger partial charge in [0.1, 0.15) is 17.0 Å². The fourth-order valence-electron chi connectivity index (χ4n) is 1.79. The molecule has 1 N–H and O–H groups in total. The van der Waals surface area contributed by atoms with Crippen LogP contribution in [0.25, 0.3) is 11.3 Å². The number of hydrogen-bond acceptors (Lipinski definition) is 5. The Morgan fingerprint density at radius 2 is 2.00 bits per heavy atom. The van der Waals surface area contributed by atoms with Crippen molar-refractivity contribution in [1.82, 2.24) is 5.16 Å². The van der Waals surface area contributed by atoms with E-state index in [0.29, 0.717) is 5.56 Å². The lowest BCUT2D eigenvalue weighted by Crippen LogP contribution is -2.06. The zero-order chi connectivity index (χ0) is 14.0. The van der Waals surface area contributed by atoms with Crippen LogP contribution in [0.5, 0.6) is 0 Å². The Bertz CT molecular complexity index is 644. The van der Waals surface area contributed by atoms with Crippen LogP contribution in [0.1, 0.15) is 26.5 Å². The molecule has 0 aliphatic carbocycles. The number of carboxylic acids is 1. The van der Waals surface area contributed by atoms with Crippen molar-refractivity contribution in [2.45, 2.75) is 6.92 Å². The van der Waals surface area contributed by atoms with Crippen molar-refractivity contribution in [3.05, 3.63) is 41.2 Å². The van der Waals surface area contributed by atoms with Gasteiger partial charge in [0.25, 0.3) is 0 Å². The predicted molar refractivity (Wildman–Crippen MR) is 65.0 cm³/mol. The molecule has 0 amide bonds. The first-order valence-electron chi connectivity index (χ1n) is 5.43. The molecule has 1 heterocycles. The van der Waals surface area contributed by atoms with Crippen LogP contribution in [0.3, 0.4) is 0 Å². The number of aromatic nitrogens is 1. The molecule has 98 valence electrons. The fraction of sp³-hybridized carbons (Fsp3) is 0.154. The number of esters is 1. The second-order valence-corrected chi connectivity index (χ2v) is 3.80. The molecule has 19 heavy (non-hydrogen) atoms. The average molecular weight is 261 g/mol. The molecule has 0 radical (unpaired) electrons. The van der Waals surface area contributed by atoms with E-state index in [2.05, 4.69) is 9.89 Å². The number of rotatable bonds is 3. The summed E-state index contributed by atoms with van der Waals surface area (Å²) in [6.07, 6.45) is 0. The highest BCUT2D eigenvalue weighted by atomic mass is 16.5. The van der Waals surface area contributed by atoms with E-state index < -0.39 is 11.9 Å². The number of aromatic carboxylic acids is 1. The van der Waals surface area contributed by atoms with Crippen LogP contribution >= 0.6 is 0 Å². The van der Waals surface area contributed by atoms with Gasteiger partial charge in [0.05, 0.1) is 12.7 Å². The van der Waals surface area contributed by atoms with Gasteiger partial charge in [-0.2, -0.15) is 0 Å². The third-order valence-corrected chi connectivity index (χ3v) is 2.66. The molecule has 0 bridgehead atoms. The van der Waals surface area contributed by atoms with Crippen molar-refractivity contribution in [2.75, 3.05) is 7.11 Å². The maximum Gasteiger partial charge on any atom is 0.341 e. The van der Waals surface area contributed by atoms with Crippen LogP contribution in [0, 0.1) is 6.92 Å². The maximum atomic E-state index is 11.7. The quantitative estimate of drug-likeness (QED) is 0.851. The van der Waals surface area contributed by atoms with Gasteiger partial charge in [-0.1, -0.05) is 23.4 Å². The number of ether oxygens (including phenoxy) is 1. The molecular formula is C13H11NO5. The smallest absolute Gasteiger partial charge is 0.341 e. The van der Waals surface area contributed by atoms with Crippen molar-refractivity contribution >= 4 is 11.9 Å². The number of carbonyl (C=O) groups is 2. The number of benzene rings is 1. The third-order valence-electron chi connectivity index (χ3n) is 2.66. The monoisotopic (exact) mass is 261 g/mol. The highest BCUT2D eigenvalue weighted by Crippen LogP contribution is 2.28. The van der Waals surface area contributed by atoms with E-state index in [9.17, 15) is 9.59 Å². The summed E-state index contributed by atoms with van der Waals surface area (Å²) in [4.78, 5) is 22.9. The molecule has 0 atom stereocenters. The lowest BCUT2D eigenvalue weighted by atomic mass is 10.0. The third kappa shape index (κ3) is 2.20. The maximum absolute atomic E-state index is 11.7. The molecule has 0 saturated carbocycles. The normalized spacial score (nSPS) is 10.2. The summed E-state index contributed by atoms with van der Waals surface area (Å²) in [7, 11) is 1.26. The molecule has 2 aromatic rings. The molecule has 0 aliphatic rings. The Hall–Kier alpha value is -2.63. The van der Waals surface area contributed by atoms with Crippen molar-refractivity contribution in [3.63, 3.8) is 0 Å². The Balaban J connectivity index is 2.66. The lowest BCUT2D eigenvalue weighted by Gasteiger charge is -2.05. The summed E-state index contributed by atoms with van der Waals surface area (Å²) < 4.78 is 9.56. The summed E-state index contributed by atoms with van der Waals surface area (Å²) in [5.41, 5.74) is 0.659. The minimum Gasteiger partial charge on any atom is -0.477 e. The Labute approximate surface area is 108 Å². The first-order chi connectivity index (χ1) is 9.06. The fourth-order valence-corrected chi connectivity index (χ4v) is 1.79. The van der Waals surface area contributed by atoms with E-state index >= 15 is 0 Å². The minimum atomic E-state index is -1.16. The molecule has 6 heteroatoms. The van der Waals surface area contributed by atoms with Gasteiger partial charge in [-0.25, -0.2) is 9.59 Å². The summed E-state index contributed by atoms with van der Waals surface area (Å²) in [6.45, 7) is 1.50. The van der Waals surface area contributed by atoms with Gasteiger partial charge in [-0.15, -0.1) is 0 Å². The second-order valence-electron chi connectivity index (χ2n) is 3.80. The molecule has 2 rings (SSSR count). The first-order valence-corrected chi connectivity index (χ1v) is 5.43. The average Bonchev–Trinajstić information content (AvgIpc) is 2.79. The zero-order valence-corrected chi connectivity index (χ0v) is 10.3. The topological polar surface area (TPSA) is 89.6 Å². The summed E-state index contributed by atoms with van der Waals surface area (Å²) in [6, 6.07) is 6.47. The van der Waals surface area contributed by atoms with Gasteiger partial charge < -0.3 is 14.4 Å². The van der Waals surface area contributed by atoms with Crippen LogP contribution in [0.2, 0.25) is 0 Å². The standard InChI is InChI=1S/C13H11NO5/c1-7-10(12(15)16)11(14-19-7)8-5-3-4-6-9(8)13(17)18-2/h3-6H,1-2H3,(H,15,16). The van der Waals surface area contributed by atoms with E-state index in [1.807, 2.05) is 0 Å². The first kappa shape index (κ1) is 12.8. The van der Waals surface area contributed by atoms with Crippen molar-refractivity contribution in [1.29, 1.82) is 0 Å². The van der Waals surface area contributed by atoms with Gasteiger partial charge >= 0.3 is 11.9 Å². The molecule has 0 aliphatic heterocycles. The van der Waals surface area contributed by atoms with Gasteiger partial charge in [0, 0.05) is 5.56 Å². The Morgan fingerprint density at radius 3 is 2.63 bits per heavy atom. The molecule has 0 unspecified atom stereocenters. The van der Waals surface area contributed by atoms with Crippen LogP contribution < -0.4 is 0 Å². The van der Waals surface area contributed by atoms with Gasteiger partial charge in [-0.3, -0.25) is 0 Å².